The van der Waals surface area contributed by atoms with E-state index in [1.165, 1.54) is 19.3 Å². The molecule has 1 aromatic heterocycles. The molecule has 5 nitrogen and oxygen atoms in total. The number of nitrogens with one attached hydrogen (secondary N) is 2. The SMILES string of the molecule is Cc1ccnc(NCCCNC(=O)C2CCCCC2)c1N. The molecule has 2 rings (SSSR count). The van der Waals surface area contributed by atoms with E-state index in [1.54, 1.807) is 6.20 Å². The van der Waals surface area contributed by atoms with E-state index in [0.29, 0.717) is 12.2 Å². The van der Waals surface area contributed by atoms with Gasteiger partial charge in [0, 0.05) is 25.2 Å². The lowest BCUT2D eigenvalue weighted by atomic mass is 9.89. The molecule has 1 heterocycles. The number of aryl methyl sites for hydroxylation is 1. The van der Waals surface area contributed by atoms with Crippen molar-refractivity contribution in [3.63, 3.8) is 0 Å². The van der Waals surface area contributed by atoms with Crippen molar-refractivity contribution < 1.29 is 4.79 Å². The van der Waals surface area contributed by atoms with E-state index < -0.39 is 0 Å². The van der Waals surface area contributed by atoms with Crippen molar-refractivity contribution in [1.82, 2.24) is 10.3 Å². The third-order valence-electron chi connectivity index (χ3n) is 4.13. The Balaban J connectivity index is 1.63. The Bertz CT molecular complexity index is 469. The smallest absolute Gasteiger partial charge is 0.223 e. The lowest BCUT2D eigenvalue weighted by Crippen LogP contribution is -2.33. The summed E-state index contributed by atoms with van der Waals surface area (Å²) in [5.74, 6) is 1.19. The minimum Gasteiger partial charge on any atom is -0.396 e. The Morgan fingerprint density at radius 2 is 2.10 bits per heavy atom. The molecule has 0 unspecified atom stereocenters. The van der Waals surface area contributed by atoms with Crippen LogP contribution < -0.4 is 16.4 Å². The van der Waals surface area contributed by atoms with Gasteiger partial charge in [-0.15, -0.1) is 0 Å². The summed E-state index contributed by atoms with van der Waals surface area (Å²) >= 11 is 0. The predicted octanol–water partition coefficient (Wildman–Crippen LogP) is 2.47. The molecule has 0 radical (unpaired) electrons. The zero-order valence-electron chi connectivity index (χ0n) is 12.8. The number of nitrogens with zero attached hydrogens (tertiary/aromatic N) is 1. The van der Waals surface area contributed by atoms with Gasteiger partial charge in [0.2, 0.25) is 5.91 Å². The number of hydrogen-bond donors (Lipinski definition) is 3. The number of anilines is 2. The second-order valence-corrected chi connectivity index (χ2v) is 5.80. The van der Waals surface area contributed by atoms with Crippen LogP contribution in [0.4, 0.5) is 11.5 Å². The number of nitrogens with two attached hydrogens (primary N) is 1. The van der Waals surface area contributed by atoms with Gasteiger partial charge in [-0.05, 0) is 37.8 Å². The topological polar surface area (TPSA) is 80.0 Å². The first-order valence-corrected chi connectivity index (χ1v) is 7.91. The maximum Gasteiger partial charge on any atom is 0.223 e. The summed E-state index contributed by atoms with van der Waals surface area (Å²) in [4.78, 5) is 16.2. The molecule has 1 saturated carbocycles. The van der Waals surface area contributed by atoms with E-state index in [0.717, 1.165) is 37.2 Å². The number of amides is 1. The number of pyridine rings is 1. The van der Waals surface area contributed by atoms with Crippen LogP contribution in [0, 0.1) is 12.8 Å². The molecule has 0 aromatic carbocycles. The van der Waals surface area contributed by atoms with Gasteiger partial charge in [0.25, 0.3) is 0 Å². The fourth-order valence-electron chi connectivity index (χ4n) is 2.73. The Hall–Kier alpha value is -1.78. The van der Waals surface area contributed by atoms with Crippen LogP contribution in [0.2, 0.25) is 0 Å². The van der Waals surface area contributed by atoms with Gasteiger partial charge < -0.3 is 16.4 Å². The third-order valence-corrected chi connectivity index (χ3v) is 4.13. The van der Waals surface area contributed by atoms with Crippen molar-refractivity contribution in [3.8, 4) is 0 Å². The summed E-state index contributed by atoms with van der Waals surface area (Å²) in [6, 6.07) is 1.89. The quantitative estimate of drug-likeness (QED) is 0.703. The molecule has 1 aliphatic carbocycles. The largest absolute Gasteiger partial charge is 0.396 e. The van der Waals surface area contributed by atoms with Gasteiger partial charge in [-0.25, -0.2) is 4.98 Å². The Morgan fingerprint density at radius 3 is 2.86 bits per heavy atom. The zero-order valence-corrected chi connectivity index (χ0v) is 12.8. The second kappa shape index (κ2) is 7.86. The molecule has 1 fully saturated rings. The Kier molecular flexibility index (Phi) is 5.84. The summed E-state index contributed by atoms with van der Waals surface area (Å²) in [7, 11) is 0. The molecule has 1 aromatic rings. The predicted molar refractivity (Wildman–Crippen MR) is 86.1 cm³/mol. The summed E-state index contributed by atoms with van der Waals surface area (Å²) in [5.41, 5.74) is 7.67. The maximum atomic E-state index is 12.0. The number of rotatable bonds is 6. The molecule has 1 aliphatic rings. The molecule has 21 heavy (non-hydrogen) atoms. The first-order valence-electron chi connectivity index (χ1n) is 7.91. The standard InChI is InChI=1S/C16H26N4O/c1-12-8-11-19-15(14(12)17)18-9-5-10-20-16(21)13-6-3-2-4-7-13/h8,11,13H,2-7,9-10,17H2,1H3,(H,18,19)(H,20,21). The number of carbonyl (C=O) groups excluding carboxylic acids is 1. The highest BCUT2D eigenvalue weighted by atomic mass is 16.1. The molecule has 0 aliphatic heterocycles. The number of nitrogen functional groups attached to an aromatic ring is 1. The van der Waals surface area contributed by atoms with Gasteiger partial charge in [0.1, 0.15) is 5.82 Å². The van der Waals surface area contributed by atoms with E-state index >= 15 is 0 Å². The average Bonchev–Trinajstić information content (AvgIpc) is 2.51. The molecule has 5 heteroatoms. The van der Waals surface area contributed by atoms with Crippen LogP contribution in [-0.2, 0) is 4.79 Å². The lowest BCUT2D eigenvalue weighted by molar-refractivity contribution is -0.125. The molecule has 0 bridgehead atoms. The van der Waals surface area contributed by atoms with Crippen molar-refractivity contribution in [2.75, 3.05) is 24.1 Å². The molecule has 0 saturated heterocycles. The van der Waals surface area contributed by atoms with Crippen LogP contribution in [0.5, 0.6) is 0 Å². The molecular weight excluding hydrogens is 264 g/mol. The molecule has 0 atom stereocenters. The highest BCUT2D eigenvalue weighted by molar-refractivity contribution is 5.78. The fraction of sp³-hybridized carbons (Fsp3) is 0.625. The van der Waals surface area contributed by atoms with Crippen LogP contribution in [0.15, 0.2) is 12.3 Å². The summed E-state index contributed by atoms with van der Waals surface area (Å²) in [6.45, 7) is 3.42. The Labute approximate surface area is 126 Å². The van der Waals surface area contributed by atoms with E-state index in [9.17, 15) is 4.79 Å². The minimum atomic E-state index is 0.225. The van der Waals surface area contributed by atoms with E-state index in [1.807, 2.05) is 13.0 Å². The maximum absolute atomic E-state index is 12.0. The van der Waals surface area contributed by atoms with E-state index in [2.05, 4.69) is 15.6 Å². The van der Waals surface area contributed by atoms with Crippen LogP contribution in [0.1, 0.15) is 44.1 Å². The highest BCUT2D eigenvalue weighted by Crippen LogP contribution is 2.23. The Morgan fingerprint density at radius 1 is 1.33 bits per heavy atom. The van der Waals surface area contributed by atoms with Gasteiger partial charge in [-0.2, -0.15) is 0 Å². The van der Waals surface area contributed by atoms with E-state index in [-0.39, 0.29) is 11.8 Å². The first-order chi connectivity index (χ1) is 10.2. The fourth-order valence-corrected chi connectivity index (χ4v) is 2.73. The van der Waals surface area contributed by atoms with Gasteiger partial charge in [-0.1, -0.05) is 19.3 Å². The van der Waals surface area contributed by atoms with Gasteiger partial charge in [0.15, 0.2) is 0 Å². The minimum absolute atomic E-state index is 0.225. The summed E-state index contributed by atoms with van der Waals surface area (Å²) in [6.07, 6.45) is 8.38. The van der Waals surface area contributed by atoms with E-state index in [4.69, 9.17) is 5.73 Å². The average molecular weight is 290 g/mol. The first kappa shape index (κ1) is 15.6. The van der Waals surface area contributed by atoms with Crippen molar-refractivity contribution in [2.24, 2.45) is 5.92 Å². The van der Waals surface area contributed by atoms with Gasteiger partial charge in [0.05, 0.1) is 5.69 Å². The molecule has 0 spiro atoms. The van der Waals surface area contributed by atoms with Crippen LogP contribution in [0.3, 0.4) is 0 Å². The molecule has 116 valence electrons. The van der Waals surface area contributed by atoms with Crippen molar-refractivity contribution in [2.45, 2.75) is 45.4 Å². The molecular formula is C16H26N4O. The monoisotopic (exact) mass is 290 g/mol. The van der Waals surface area contributed by atoms with Crippen LogP contribution >= 0.6 is 0 Å². The van der Waals surface area contributed by atoms with Crippen molar-refractivity contribution in [1.29, 1.82) is 0 Å². The highest BCUT2D eigenvalue weighted by Gasteiger charge is 2.20. The van der Waals surface area contributed by atoms with Crippen LogP contribution in [0.25, 0.3) is 0 Å². The van der Waals surface area contributed by atoms with Crippen molar-refractivity contribution >= 4 is 17.4 Å². The summed E-state index contributed by atoms with van der Waals surface area (Å²) in [5, 5.41) is 6.25. The van der Waals surface area contributed by atoms with Crippen LogP contribution in [-0.4, -0.2) is 24.0 Å². The van der Waals surface area contributed by atoms with Crippen molar-refractivity contribution in [3.05, 3.63) is 17.8 Å². The number of carbonyl (C=O) groups is 1. The normalized spacial score (nSPS) is 15.7. The lowest BCUT2D eigenvalue weighted by Gasteiger charge is -2.20. The third kappa shape index (κ3) is 4.62. The second-order valence-electron chi connectivity index (χ2n) is 5.80. The number of hydrogen-bond acceptors (Lipinski definition) is 4. The zero-order chi connectivity index (χ0) is 15.1. The molecule has 1 amide bonds. The molecule has 4 N–H and O–H groups in total. The van der Waals surface area contributed by atoms with Gasteiger partial charge >= 0.3 is 0 Å². The summed E-state index contributed by atoms with van der Waals surface area (Å²) < 4.78 is 0. The number of aromatic nitrogens is 1. The van der Waals surface area contributed by atoms with Gasteiger partial charge in [-0.3, -0.25) is 4.79 Å².